The maximum absolute atomic E-state index is 13.6. The Balaban J connectivity index is 0.00000336. The Hall–Kier alpha value is -2.52. The van der Waals surface area contributed by atoms with Crippen molar-refractivity contribution in [3.63, 3.8) is 0 Å². The molecule has 3 aliphatic heterocycles. The Bertz CT molecular complexity index is 1060. The van der Waals surface area contributed by atoms with E-state index in [1.807, 2.05) is 9.91 Å². The van der Waals surface area contributed by atoms with Gasteiger partial charge in [-0.3, -0.25) is 5.01 Å². The lowest BCUT2D eigenvalue weighted by atomic mass is 9.88. The molecule has 3 saturated heterocycles. The van der Waals surface area contributed by atoms with E-state index in [0.717, 1.165) is 81.4 Å². The van der Waals surface area contributed by atoms with Gasteiger partial charge in [-0.05, 0) is 73.1 Å². The fourth-order valence-electron chi connectivity index (χ4n) is 5.98. The minimum atomic E-state index is -0.277. The van der Waals surface area contributed by atoms with E-state index in [4.69, 9.17) is 0 Å². The number of urea groups is 1. The first kappa shape index (κ1) is 28.5. The number of nitrogens with zero attached hydrogens (tertiary/aromatic N) is 4. The van der Waals surface area contributed by atoms with Crippen molar-refractivity contribution in [2.75, 3.05) is 45.9 Å². The van der Waals surface area contributed by atoms with Crippen LogP contribution in [-0.2, 0) is 0 Å². The predicted octanol–water partition coefficient (Wildman–Crippen LogP) is 5.13. The lowest BCUT2D eigenvalue weighted by Crippen LogP contribution is -2.47. The molecule has 9 heteroatoms. The van der Waals surface area contributed by atoms with Crippen LogP contribution in [-0.4, -0.2) is 83.0 Å². The van der Waals surface area contributed by atoms with E-state index in [2.05, 4.69) is 9.91 Å². The van der Waals surface area contributed by atoms with Crippen molar-refractivity contribution >= 4 is 24.0 Å². The van der Waals surface area contributed by atoms with Gasteiger partial charge in [0.15, 0.2) is 0 Å². The molecule has 1 atom stereocenters. The third kappa shape index (κ3) is 6.20. The Kier molecular flexibility index (Phi) is 9.76. The second kappa shape index (κ2) is 13.0. The quantitative estimate of drug-likeness (QED) is 0.523. The molecule has 0 spiro atoms. The van der Waals surface area contributed by atoms with Crippen molar-refractivity contribution in [3.05, 3.63) is 76.9 Å². The van der Waals surface area contributed by atoms with Crippen LogP contribution in [0.25, 0.3) is 5.57 Å². The highest BCUT2D eigenvalue weighted by Gasteiger charge is 2.43. The Morgan fingerprint density at radius 3 is 2.00 bits per heavy atom. The Morgan fingerprint density at radius 2 is 1.42 bits per heavy atom. The van der Waals surface area contributed by atoms with Gasteiger partial charge in [0.2, 0.25) is 0 Å². The molecule has 3 heterocycles. The monoisotopic (exact) mass is 546 g/mol. The number of hydrogen-bond acceptors (Lipinski definition) is 4. The van der Waals surface area contributed by atoms with Crippen molar-refractivity contribution < 1.29 is 18.7 Å². The summed E-state index contributed by atoms with van der Waals surface area (Å²) in [7, 11) is 0. The SMILES string of the molecule is Cl.O=C1N2CCCCCC2N(CCO)N1CCN1CCC(=C(c2ccc(F)cc2)c2ccc(F)cc2)CC1. The van der Waals surface area contributed by atoms with Crippen LogP contribution < -0.4 is 0 Å². The van der Waals surface area contributed by atoms with Gasteiger partial charge >= 0.3 is 6.03 Å². The molecule has 6 nitrogen and oxygen atoms in total. The molecule has 1 unspecified atom stereocenters. The summed E-state index contributed by atoms with van der Waals surface area (Å²) in [5.74, 6) is -0.555. The number of carbonyl (C=O) groups is 1. The smallest absolute Gasteiger partial charge is 0.335 e. The molecule has 1 N–H and O–H groups in total. The third-order valence-electron chi connectivity index (χ3n) is 7.88. The second-order valence-corrected chi connectivity index (χ2v) is 10.1. The van der Waals surface area contributed by atoms with Crippen molar-refractivity contribution in [1.82, 2.24) is 19.8 Å². The summed E-state index contributed by atoms with van der Waals surface area (Å²) in [6.45, 7) is 4.37. The molecular weight excluding hydrogens is 510 g/mol. The standard InChI is InChI=1S/C29H36F2N4O2.ClH/c30-25-9-5-22(6-10-25)28(23-7-11-26(31)12-8-23)24-13-16-32(17-14-24)18-19-35-29(37)33-15-3-1-2-4-27(33)34(35)20-21-36;/h5-12,27,36H,1-4,13-21H2;1H. The van der Waals surface area contributed by atoms with Gasteiger partial charge in [0.05, 0.1) is 13.2 Å². The van der Waals surface area contributed by atoms with E-state index in [1.54, 1.807) is 24.3 Å². The first-order chi connectivity index (χ1) is 18.0. The number of piperidine rings is 1. The van der Waals surface area contributed by atoms with Gasteiger partial charge in [-0.1, -0.05) is 36.3 Å². The zero-order chi connectivity index (χ0) is 25.8. The summed E-state index contributed by atoms with van der Waals surface area (Å²) in [6.07, 6.45) is 6.02. The minimum Gasteiger partial charge on any atom is -0.395 e. The molecule has 38 heavy (non-hydrogen) atoms. The van der Waals surface area contributed by atoms with Crippen LogP contribution in [0.5, 0.6) is 0 Å². The van der Waals surface area contributed by atoms with E-state index < -0.39 is 0 Å². The molecule has 3 fully saturated rings. The molecule has 0 aromatic heterocycles. The number of halogens is 3. The van der Waals surface area contributed by atoms with Crippen molar-refractivity contribution in [2.45, 2.75) is 44.7 Å². The summed E-state index contributed by atoms with van der Waals surface area (Å²) in [5.41, 5.74) is 4.20. The zero-order valence-corrected chi connectivity index (χ0v) is 22.5. The van der Waals surface area contributed by atoms with Gasteiger partial charge in [0.1, 0.15) is 17.8 Å². The fraction of sp³-hybridized carbons (Fsp3) is 0.483. The van der Waals surface area contributed by atoms with Crippen LogP contribution in [0.2, 0.25) is 0 Å². The number of benzene rings is 2. The molecule has 2 aromatic rings. The third-order valence-corrected chi connectivity index (χ3v) is 7.88. The summed E-state index contributed by atoms with van der Waals surface area (Å²) in [6, 6.07) is 13.1. The average Bonchev–Trinajstić information content (AvgIpc) is 3.05. The summed E-state index contributed by atoms with van der Waals surface area (Å²) < 4.78 is 27.2. The number of hydrazine groups is 1. The molecule has 0 aliphatic carbocycles. The van der Waals surface area contributed by atoms with Crippen LogP contribution in [0.4, 0.5) is 13.6 Å². The number of amides is 2. The number of hydrogen-bond donors (Lipinski definition) is 1. The number of fused-ring (bicyclic) bond motifs is 1. The van der Waals surface area contributed by atoms with E-state index in [1.165, 1.54) is 29.8 Å². The molecule has 2 amide bonds. The summed E-state index contributed by atoms with van der Waals surface area (Å²) in [4.78, 5) is 17.6. The highest BCUT2D eigenvalue weighted by Crippen LogP contribution is 2.33. The normalized spacial score (nSPS) is 20.8. The summed E-state index contributed by atoms with van der Waals surface area (Å²) in [5, 5.41) is 13.6. The number of aliphatic hydroxyl groups is 1. The van der Waals surface area contributed by atoms with E-state index in [0.29, 0.717) is 13.1 Å². The topological polar surface area (TPSA) is 50.3 Å². The first-order valence-corrected chi connectivity index (χ1v) is 13.5. The molecule has 0 radical (unpaired) electrons. The average molecular weight is 547 g/mol. The van der Waals surface area contributed by atoms with Gasteiger partial charge in [-0.2, -0.15) is 5.01 Å². The van der Waals surface area contributed by atoms with Crippen LogP contribution in [0.1, 0.15) is 49.7 Å². The van der Waals surface area contributed by atoms with Crippen LogP contribution in [0.3, 0.4) is 0 Å². The number of β-amino-alcohol motifs (C(OH)–C–C–N with tert-alkyl or cyclic N) is 1. The van der Waals surface area contributed by atoms with Crippen LogP contribution in [0.15, 0.2) is 54.1 Å². The molecule has 206 valence electrons. The van der Waals surface area contributed by atoms with Crippen molar-refractivity contribution in [2.24, 2.45) is 0 Å². The molecule has 3 aliphatic rings. The van der Waals surface area contributed by atoms with Crippen LogP contribution >= 0.6 is 12.4 Å². The fourth-order valence-corrected chi connectivity index (χ4v) is 5.98. The Morgan fingerprint density at radius 1 is 0.816 bits per heavy atom. The number of carbonyl (C=O) groups excluding carboxylic acids is 1. The van der Waals surface area contributed by atoms with Gasteiger partial charge in [-0.25, -0.2) is 13.6 Å². The molecule has 0 saturated carbocycles. The first-order valence-electron chi connectivity index (χ1n) is 13.5. The second-order valence-electron chi connectivity index (χ2n) is 10.1. The minimum absolute atomic E-state index is 0. The highest BCUT2D eigenvalue weighted by atomic mass is 35.5. The van der Waals surface area contributed by atoms with E-state index in [-0.39, 0.29) is 42.8 Å². The molecule has 5 rings (SSSR count). The lowest BCUT2D eigenvalue weighted by Gasteiger charge is -2.34. The van der Waals surface area contributed by atoms with Gasteiger partial charge < -0.3 is 14.9 Å². The predicted molar refractivity (Wildman–Crippen MR) is 147 cm³/mol. The summed E-state index contributed by atoms with van der Waals surface area (Å²) >= 11 is 0. The maximum atomic E-state index is 13.6. The van der Waals surface area contributed by atoms with Crippen LogP contribution in [0, 0.1) is 11.6 Å². The van der Waals surface area contributed by atoms with Gasteiger partial charge in [0, 0.05) is 32.7 Å². The number of aliphatic hydroxyl groups excluding tert-OH is 1. The van der Waals surface area contributed by atoms with Crippen molar-refractivity contribution in [3.8, 4) is 0 Å². The van der Waals surface area contributed by atoms with Crippen molar-refractivity contribution in [1.29, 1.82) is 0 Å². The van der Waals surface area contributed by atoms with E-state index >= 15 is 0 Å². The number of rotatable bonds is 7. The zero-order valence-electron chi connectivity index (χ0n) is 21.7. The van der Waals surface area contributed by atoms with Gasteiger partial charge in [-0.15, -0.1) is 12.4 Å². The molecule has 2 aromatic carbocycles. The van der Waals surface area contributed by atoms with E-state index in [9.17, 15) is 18.7 Å². The maximum Gasteiger partial charge on any atom is 0.335 e. The van der Waals surface area contributed by atoms with Gasteiger partial charge in [0.25, 0.3) is 0 Å². The highest BCUT2D eigenvalue weighted by molar-refractivity contribution is 5.85. The molecular formula is C29H37ClF2N4O2. The largest absolute Gasteiger partial charge is 0.395 e. The Labute approximate surface area is 229 Å². The lowest BCUT2D eigenvalue weighted by molar-refractivity contribution is -0.0148. The number of likely N-dealkylation sites (tertiary alicyclic amines) is 1. The molecule has 0 bridgehead atoms.